The molecule has 1 aliphatic rings. The Labute approximate surface area is 166 Å². The first-order valence-corrected chi connectivity index (χ1v) is 10.4. The number of aromatic nitrogens is 2. The van der Waals surface area contributed by atoms with Crippen molar-refractivity contribution >= 4 is 50.4 Å². The monoisotopic (exact) mass is 427 g/mol. The molecule has 0 aliphatic carbocycles. The van der Waals surface area contributed by atoms with Gasteiger partial charge in [0.05, 0.1) is 17.4 Å². The molecule has 1 amide bonds. The van der Waals surface area contributed by atoms with Gasteiger partial charge in [0.1, 0.15) is 21.0 Å². The number of nitrogens with zero attached hydrogens (tertiary/aromatic N) is 3. The number of nitrogens with one attached hydrogen (secondary N) is 2. The Morgan fingerprint density at radius 1 is 1.25 bits per heavy atom. The predicted molar refractivity (Wildman–Crippen MR) is 104 cm³/mol. The lowest BCUT2D eigenvalue weighted by molar-refractivity contribution is -0.133. The van der Waals surface area contributed by atoms with E-state index < -0.39 is 17.0 Å². The molecule has 4 rings (SSSR count). The summed E-state index contributed by atoms with van der Waals surface area (Å²) in [7, 11) is 0. The van der Waals surface area contributed by atoms with Gasteiger partial charge in [-0.1, -0.05) is 0 Å². The van der Waals surface area contributed by atoms with Gasteiger partial charge in [-0.05, 0) is 24.4 Å². The van der Waals surface area contributed by atoms with Crippen LogP contribution in [0.25, 0.3) is 10.3 Å². The number of amides is 1. The zero-order valence-electron chi connectivity index (χ0n) is 14.5. The standard InChI is InChI=1S/C17H16F3N5OS2/c18-17(19,20)14-11(2-7-27-14)23-15(26)10-9-28-16-13(10)24-12(8-22-16)25-5-1-3-21-4-6-25/h2,7-9,21H,1,3-6H2,(H,23,26). The Kier molecular flexibility index (Phi) is 5.21. The highest BCUT2D eigenvalue weighted by Crippen LogP contribution is 2.39. The molecule has 148 valence electrons. The molecular weight excluding hydrogens is 411 g/mol. The zero-order valence-corrected chi connectivity index (χ0v) is 16.2. The summed E-state index contributed by atoms with van der Waals surface area (Å²) in [6, 6.07) is 1.25. The van der Waals surface area contributed by atoms with E-state index in [0.717, 1.165) is 32.6 Å². The second kappa shape index (κ2) is 7.64. The van der Waals surface area contributed by atoms with Crippen molar-refractivity contribution in [3.63, 3.8) is 0 Å². The maximum absolute atomic E-state index is 13.0. The predicted octanol–water partition coefficient (Wildman–Crippen LogP) is 3.82. The molecule has 3 aromatic heterocycles. The minimum absolute atomic E-state index is 0.224. The van der Waals surface area contributed by atoms with E-state index in [4.69, 9.17) is 0 Å². The van der Waals surface area contributed by atoms with Crippen molar-refractivity contribution < 1.29 is 18.0 Å². The van der Waals surface area contributed by atoms with E-state index in [1.807, 2.05) is 0 Å². The second-order valence-corrected chi connectivity index (χ2v) is 8.01. The summed E-state index contributed by atoms with van der Waals surface area (Å²) in [6.07, 6.45) is -1.87. The highest BCUT2D eigenvalue weighted by molar-refractivity contribution is 7.17. The van der Waals surface area contributed by atoms with E-state index in [0.29, 0.717) is 27.5 Å². The van der Waals surface area contributed by atoms with Crippen LogP contribution in [0.1, 0.15) is 21.7 Å². The highest BCUT2D eigenvalue weighted by atomic mass is 32.1. The molecule has 2 N–H and O–H groups in total. The molecule has 6 nitrogen and oxygen atoms in total. The van der Waals surface area contributed by atoms with Gasteiger partial charge < -0.3 is 15.5 Å². The Bertz CT molecular complexity index is 992. The van der Waals surface area contributed by atoms with Crippen molar-refractivity contribution in [3.8, 4) is 0 Å². The summed E-state index contributed by atoms with van der Waals surface area (Å²) in [5.41, 5.74) is 0.382. The van der Waals surface area contributed by atoms with Crippen LogP contribution in [-0.4, -0.2) is 42.1 Å². The fraction of sp³-hybridized carbons (Fsp3) is 0.353. The third-order valence-electron chi connectivity index (χ3n) is 4.35. The lowest BCUT2D eigenvalue weighted by Gasteiger charge is -2.20. The van der Waals surface area contributed by atoms with E-state index in [1.165, 1.54) is 22.8 Å². The van der Waals surface area contributed by atoms with Crippen molar-refractivity contribution in [2.45, 2.75) is 12.6 Å². The van der Waals surface area contributed by atoms with Crippen LogP contribution in [0.15, 0.2) is 23.0 Å². The van der Waals surface area contributed by atoms with Crippen LogP contribution in [-0.2, 0) is 6.18 Å². The molecule has 1 aliphatic heterocycles. The molecule has 28 heavy (non-hydrogen) atoms. The molecule has 0 aromatic carbocycles. The molecule has 0 bridgehead atoms. The summed E-state index contributed by atoms with van der Waals surface area (Å²) in [6.45, 7) is 3.36. The normalized spacial score (nSPS) is 15.6. The van der Waals surface area contributed by atoms with Gasteiger partial charge in [0.15, 0.2) is 0 Å². The number of fused-ring (bicyclic) bond motifs is 1. The lowest BCUT2D eigenvalue weighted by Crippen LogP contribution is -2.28. The maximum atomic E-state index is 13.0. The number of anilines is 2. The summed E-state index contributed by atoms with van der Waals surface area (Å²) in [5.74, 6) is 0.0364. The van der Waals surface area contributed by atoms with Crippen LogP contribution < -0.4 is 15.5 Å². The lowest BCUT2D eigenvalue weighted by atomic mass is 10.2. The first-order valence-electron chi connectivity index (χ1n) is 8.59. The van der Waals surface area contributed by atoms with Gasteiger partial charge in [-0.3, -0.25) is 4.79 Å². The van der Waals surface area contributed by atoms with Crippen LogP contribution in [0.2, 0.25) is 0 Å². The summed E-state index contributed by atoms with van der Waals surface area (Å²) < 4.78 is 39.1. The number of hydrogen-bond donors (Lipinski definition) is 2. The second-order valence-electron chi connectivity index (χ2n) is 6.24. The van der Waals surface area contributed by atoms with E-state index in [1.54, 1.807) is 11.6 Å². The van der Waals surface area contributed by atoms with Gasteiger partial charge in [0.25, 0.3) is 5.91 Å². The molecule has 1 fully saturated rings. The maximum Gasteiger partial charge on any atom is 0.427 e. The molecule has 1 saturated heterocycles. The van der Waals surface area contributed by atoms with E-state index in [2.05, 4.69) is 25.5 Å². The minimum Gasteiger partial charge on any atom is -0.354 e. The van der Waals surface area contributed by atoms with Gasteiger partial charge in [-0.15, -0.1) is 22.7 Å². The largest absolute Gasteiger partial charge is 0.427 e. The molecule has 0 spiro atoms. The van der Waals surface area contributed by atoms with Crippen molar-refractivity contribution in [1.29, 1.82) is 0 Å². The molecule has 11 heteroatoms. The minimum atomic E-state index is -4.51. The Balaban J connectivity index is 1.62. The number of hydrogen-bond acceptors (Lipinski definition) is 7. The average molecular weight is 427 g/mol. The molecule has 4 heterocycles. The van der Waals surface area contributed by atoms with Gasteiger partial charge >= 0.3 is 6.18 Å². The molecule has 0 atom stereocenters. The van der Waals surface area contributed by atoms with Crippen molar-refractivity contribution in [3.05, 3.63) is 33.5 Å². The van der Waals surface area contributed by atoms with E-state index in [9.17, 15) is 18.0 Å². The first-order chi connectivity index (χ1) is 13.4. The smallest absolute Gasteiger partial charge is 0.354 e. The fourth-order valence-corrected chi connectivity index (χ4v) is 4.55. The topological polar surface area (TPSA) is 70.2 Å². The van der Waals surface area contributed by atoms with Gasteiger partial charge in [0, 0.05) is 25.0 Å². The van der Waals surface area contributed by atoms with Gasteiger partial charge in [-0.25, -0.2) is 9.97 Å². The van der Waals surface area contributed by atoms with Crippen molar-refractivity contribution in [1.82, 2.24) is 15.3 Å². The number of rotatable bonds is 3. The van der Waals surface area contributed by atoms with Crippen LogP contribution in [0, 0.1) is 0 Å². The highest BCUT2D eigenvalue weighted by Gasteiger charge is 2.35. The summed E-state index contributed by atoms with van der Waals surface area (Å²) in [4.78, 5) is 23.5. The Morgan fingerprint density at radius 3 is 2.93 bits per heavy atom. The zero-order chi connectivity index (χ0) is 19.7. The molecule has 0 saturated carbocycles. The van der Waals surface area contributed by atoms with Crippen LogP contribution >= 0.6 is 22.7 Å². The van der Waals surface area contributed by atoms with Crippen LogP contribution in [0.5, 0.6) is 0 Å². The summed E-state index contributed by atoms with van der Waals surface area (Å²) >= 11 is 1.78. The number of carbonyl (C=O) groups is 1. The Morgan fingerprint density at radius 2 is 2.11 bits per heavy atom. The third-order valence-corrected chi connectivity index (χ3v) is 6.18. The molecule has 3 aromatic rings. The van der Waals surface area contributed by atoms with Gasteiger partial charge in [-0.2, -0.15) is 13.2 Å². The Hall–Kier alpha value is -2.24. The van der Waals surface area contributed by atoms with E-state index >= 15 is 0 Å². The molecular formula is C17H16F3N5OS2. The SMILES string of the molecule is O=C(Nc1ccsc1C(F)(F)F)c1csc2ncc(N3CCCNCC3)nc12. The number of halogens is 3. The third kappa shape index (κ3) is 3.82. The van der Waals surface area contributed by atoms with E-state index in [-0.39, 0.29) is 11.3 Å². The number of alkyl halides is 3. The van der Waals surface area contributed by atoms with Gasteiger partial charge in [0.2, 0.25) is 0 Å². The van der Waals surface area contributed by atoms with Crippen LogP contribution in [0.3, 0.4) is 0 Å². The molecule has 0 unspecified atom stereocenters. The first kappa shape index (κ1) is 19.1. The summed E-state index contributed by atoms with van der Waals surface area (Å²) in [5, 5.41) is 8.55. The van der Waals surface area contributed by atoms with Crippen molar-refractivity contribution in [2.75, 3.05) is 36.4 Å². The average Bonchev–Trinajstić information content (AvgIpc) is 3.20. The number of thiophene rings is 2. The van der Waals surface area contributed by atoms with Crippen LogP contribution in [0.4, 0.5) is 24.7 Å². The molecule has 0 radical (unpaired) electrons. The fourth-order valence-electron chi connectivity index (χ4n) is 3.01. The van der Waals surface area contributed by atoms with Crippen molar-refractivity contribution in [2.24, 2.45) is 0 Å². The quantitative estimate of drug-likeness (QED) is 0.665. The number of carbonyl (C=O) groups excluding carboxylic acids is 1.